The number of carbonyl (C=O) groups is 1. The maximum Gasteiger partial charge on any atom is 0.254 e. The van der Waals surface area contributed by atoms with Gasteiger partial charge in [0.15, 0.2) is 0 Å². The molecule has 2 aromatic heterocycles. The molecular formula is C26H30Cl2N4OS. The van der Waals surface area contributed by atoms with Crippen LogP contribution in [-0.4, -0.2) is 47.0 Å². The normalized spacial score (nSPS) is 17.5. The van der Waals surface area contributed by atoms with E-state index in [0.29, 0.717) is 34.6 Å². The van der Waals surface area contributed by atoms with Gasteiger partial charge in [0.2, 0.25) is 0 Å². The largest absolute Gasteiger partial charge is 0.352 e. The van der Waals surface area contributed by atoms with Crippen molar-refractivity contribution in [2.45, 2.75) is 58.3 Å². The van der Waals surface area contributed by atoms with Crippen LogP contribution in [-0.2, 0) is 12.8 Å². The van der Waals surface area contributed by atoms with Crippen LogP contribution < -0.4 is 4.90 Å². The highest BCUT2D eigenvalue weighted by molar-refractivity contribution is 7.19. The van der Waals surface area contributed by atoms with Gasteiger partial charge in [-0.15, -0.1) is 11.3 Å². The van der Waals surface area contributed by atoms with Crippen LogP contribution in [0.2, 0.25) is 10.0 Å². The molecule has 0 bridgehead atoms. The highest BCUT2D eigenvalue weighted by atomic mass is 35.5. The zero-order chi connectivity index (χ0) is 23.8. The molecule has 1 aliphatic carbocycles. The predicted octanol–water partition coefficient (Wildman–Crippen LogP) is 6.74. The van der Waals surface area contributed by atoms with Gasteiger partial charge >= 0.3 is 0 Å². The number of halogens is 2. The lowest BCUT2D eigenvalue weighted by Crippen LogP contribution is -2.49. The van der Waals surface area contributed by atoms with Crippen LogP contribution in [0.25, 0.3) is 10.2 Å². The fourth-order valence-electron chi connectivity index (χ4n) is 4.90. The average molecular weight is 518 g/mol. The number of benzene rings is 1. The van der Waals surface area contributed by atoms with Gasteiger partial charge in [0.25, 0.3) is 5.91 Å². The number of nitrogens with zero attached hydrogens (tertiary/aromatic N) is 4. The smallest absolute Gasteiger partial charge is 0.254 e. The number of amides is 1. The number of rotatable bonds is 4. The van der Waals surface area contributed by atoms with Gasteiger partial charge in [-0.2, -0.15) is 0 Å². The Morgan fingerprint density at radius 3 is 2.56 bits per heavy atom. The van der Waals surface area contributed by atoms with Gasteiger partial charge in [-0.3, -0.25) is 4.79 Å². The van der Waals surface area contributed by atoms with Crippen LogP contribution in [0, 0.1) is 0 Å². The van der Waals surface area contributed by atoms with E-state index in [1.807, 2.05) is 16.2 Å². The maximum atomic E-state index is 13.1. The predicted molar refractivity (Wildman–Crippen MR) is 142 cm³/mol. The van der Waals surface area contributed by atoms with Crippen molar-refractivity contribution in [3.05, 3.63) is 50.1 Å². The van der Waals surface area contributed by atoms with Gasteiger partial charge in [-0.25, -0.2) is 9.97 Å². The summed E-state index contributed by atoms with van der Waals surface area (Å²) in [5.41, 5.74) is 2.05. The van der Waals surface area contributed by atoms with Gasteiger partial charge in [-0.1, -0.05) is 43.5 Å². The summed E-state index contributed by atoms with van der Waals surface area (Å²) in [6.07, 6.45) is 7.07. The number of aryl methyl sites for hydroxylation is 2. The van der Waals surface area contributed by atoms with Crippen molar-refractivity contribution < 1.29 is 4.79 Å². The summed E-state index contributed by atoms with van der Waals surface area (Å²) in [6.45, 7) is 7.20. The monoisotopic (exact) mass is 516 g/mol. The summed E-state index contributed by atoms with van der Waals surface area (Å²) in [7, 11) is 0. The molecule has 0 N–H and O–H groups in total. The maximum absolute atomic E-state index is 13.1. The Kier molecular flexibility index (Phi) is 7.01. The van der Waals surface area contributed by atoms with Crippen molar-refractivity contribution in [1.82, 2.24) is 14.9 Å². The first-order valence-corrected chi connectivity index (χ1v) is 13.8. The van der Waals surface area contributed by atoms with Crippen molar-refractivity contribution in [3.8, 4) is 0 Å². The molecule has 1 unspecified atom stereocenters. The first kappa shape index (κ1) is 23.8. The Morgan fingerprint density at radius 1 is 1.06 bits per heavy atom. The van der Waals surface area contributed by atoms with Gasteiger partial charge in [0, 0.05) is 42.5 Å². The highest BCUT2D eigenvalue weighted by Gasteiger charge is 2.28. The van der Waals surface area contributed by atoms with Crippen LogP contribution in [0.4, 0.5) is 5.82 Å². The summed E-state index contributed by atoms with van der Waals surface area (Å²) in [4.78, 5) is 30.1. The summed E-state index contributed by atoms with van der Waals surface area (Å²) < 4.78 is 0. The van der Waals surface area contributed by atoms with E-state index >= 15 is 0 Å². The third-order valence-electron chi connectivity index (χ3n) is 7.15. The van der Waals surface area contributed by atoms with Crippen LogP contribution in [0.15, 0.2) is 18.2 Å². The lowest BCUT2D eigenvalue weighted by molar-refractivity contribution is 0.0746. The third-order valence-corrected chi connectivity index (χ3v) is 9.07. The molecular weight excluding hydrogens is 487 g/mol. The number of thiophene rings is 1. The molecule has 1 fully saturated rings. The molecule has 0 radical (unpaired) electrons. The highest BCUT2D eigenvalue weighted by Crippen LogP contribution is 2.40. The molecule has 3 heterocycles. The minimum absolute atomic E-state index is 0.00394. The lowest BCUT2D eigenvalue weighted by atomic mass is 10.1. The van der Waals surface area contributed by atoms with Crippen LogP contribution in [0.3, 0.4) is 0 Å². The first-order chi connectivity index (χ1) is 16.5. The van der Waals surface area contributed by atoms with E-state index in [-0.39, 0.29) is 5.91 Å². The molecule has 34 heavy (non-hydrogen) atoms. The van der Waals surface area contributed by atoms with Crippen molar-refractivity contribution in [1.29, 1.82) is 0 Å². The Morgan fingerprint density at radius 2 is 1.82 bits per heavy atom. The molecule has 2 aliphatic rings. The second kappa shape index (κ2) is 10.00. The molecule has 180 valence electrons. The van der Waals surface area contributed by atoms with Gasteiger partial charge in [-0.05, 0) is 55.9 Å². The molecule has 1 aliphatic heterocycles. The van der Waals surface area contributed by atoms with E-state index in [9.17, 15) is 4.79 Å². The van der Waals surface area contributed by atoms with E-state index in [4.69, 9.17) is 33.2 Å². The molecule has 5 rings (SSSR count). The third kappa shape index (κ3) is 4.52. The molecule has 0 saturated carbocycles. The molecule has 3 aromatic rings. The Balaban J connectivity index is 1.44. The molecule has 1 atom stereocenters. The summed E-state index contributed by atoms with van der Waals surface area (Å²) in [5.74, 6) is 2.33. The SMILES string of the molecule is CCC(C)c1nc(N2CCN(C(=O)c3ccc(Cl)c(Cl)c3)CC2)c2c3c(sc2n1)CCCCC3. The topological polar surface area (TPSA) is 49.3 Å². The van der Waals surface area contributed by atoms with Crippen LogP contribution in [0.5, 0.6) is 0 Å². The van der Waals surface area contributed by atoms with E-state index in [1.165, 1.54) is 35.1 Å². The Labute approximate surface area is 215 Å². The number of fused-ring (bicyclic) bond motifs is 3. The lowest BCUT2D eigenvalue weighted by Gasteiger charge is -2.36. The zero-order valence-corrected chi connectivity index (χ0v) is 22.1. The molecule has 8 heteroatoms. The molecule has 0 spiro atoms. The van der Waals surface area contributed by atoms with E-state index in [1.54, 1.807) is 18.2 Å². The minimum atomic E-state index is -0.00394. The second-order valence-electron chi connectivity index (χ2n) is 9.37. The van der Waals surface area contributed by atoms with Crippen molar-refractivity contribution in [2.24, 2.45) is 0 Å². The van der Waals surface area contributed by atoms with Gasteiger partial charge < -0.3 is 9.80 Å². The average Bonchev–Trinajstić information content (AvgIpc) is 3.05. The summed E-state index contributed by atoms with van der Waals surface area (Å²) >= 11 is 14.0. The van der Waals surface area contributed by atoms with Crippen LogP contribution >= 0.6 is 34.5 Å². The van der Waals surface area contributed by atoms with Crippen molar-refractivity contribution >= 4 is 56.5 Å². The van der Waals surface area contributed by atoms with Gasteiger partial charge in [0.1, 0.15) is 16.5 Å². The fourth-order valence-corrected chi connectivity index (χ4v) is 6.46. The zero-order valence-electron chi connectivity index (χ0n) is 19.7. The summed E-state index contributed by atoms with van der Waals surface area (Å²) in [5, 5.41) is 2.13. The number of piperazine rings is 1. The van der Waals surface area contributed by atoms with Crippen molar-refractivity contribution in [3.63, 3.8) is 0 Å². The van der Waals surface area contributed by atoms with E-state index in [0.717, 1.165) is 48.8 Å². The molecule has 5 nitrogen and oxygen atoms in total. The quantitative estimate of drug-likeness (QED) is 0.360. The number of hydrogen-bond donors (Lipinski definition) is 0. The minimum Gasteiger partial charge on any atom is -0.352 e. The number of hydrogen-bond acceptors (Lipinski definition) is 5. The summed E-state index contributed by atoms with van der Waals surface area (Å²) in [6, 6.07) is 5.09. The Hall–Kier alpha value is -1.89. The second-order valence-corrected chi connectivity index (χ2v) is 11.3. The standard InChI is InChI=1S/C26H30Cl2N4OS/c1-3-16(2)23-29-24(22-18-7-5-4-6-8-21(18)34-25(22)30-23)31-11-13-32(14-12-31)26(33)17-9-10-19(27)20(28)15-17/h9-10,15-16H,3-8,11-14H2,1-2H3. The van der Waals surface area contributed by atoms with Crippen molar-refractivity contribution in [2.75, 3.05) is 31.1 Å². The fraction of sp³-hybridized carbons (Fsp3) is 0.500. The number of anilines is 1. The van der Waals surface area contributed by atoms with Crippen LogP contribution in [0.1, 0.15) is 72.1 Å². The number of aromatic nitrogens is 2. The molecule has 1 saturated heterocycles. The van der Waals surface area contributed by atoms with Gasteiger partial charge in [0.05, 0.1) is 15.4 Å². The van der Waals surface area contributed by atoms with E-state index in [2.05, 4.69) is 18.7 Å². The van der Waals surface area contributed by atoms with E-state index < -0.39 is 0 Å². The molecule has 1 amide bonds. The Bertz CT molecular complexity index is 1220. The number of carbonyl (C=O) groups excluding carboxylic acids is 1. The molecule has 1 aromatic carbocycles. The first-order valence-electron chi connectivity index (χ1n) is 12.3.